The Balaban J connectivity index is 2.63. The van der Waals surface area contributed by atoms with E-state index < -0.39 is 17.3 Å². The fourth-order valence-corrected chi connectivity index (χ4v) is 1.82. The number of benzene rings is 1. The zero-order valence-corrected chi connectivity index (χ0v) is 9.79. The summed E-state index contributed by atoms with van der Waals surface area (Å²) in [5, 5.41) is 0. The van der Waals surface area contributed by atoms with E-state index in [2.05, 4.69) is 4.98 Å². The summed E-state index contributed by atoms with van der Waals surface area (Å²) >= 11 is 0. The lowest BCUT2D eigenvalue weighted by Crippen LogP contribution is -2.16. The Morgan fingerprint density at radius 1 is 1.21 bits per heavy atom. The molecule has 1 heterocycles. The number of alkyl halides is 3. The van der Waals surface area contributed by atoms with Gasteiger partial charge in [-0.3, -0.25) is 4.79 Å². The monoisotopic (exact) mass is 268 g/mol. The van der Waals surface area contributed by atoms with Crippen molar-refractivity contribution in [1.29, 1.82) is 0 Å². The van der Waals surface area contributed by atoms with Crippen LogP contribution in [0.5, 0.6) is 0 Å². The zero-order valence-electron chi connectivity index (χ0n) is 9.79. The lowest BCUT2D eigenvalue weighted by Gasteiger charge is -2.13. The highest BCUT2D eigenvalue weighted by Crippen LogP contribution is 2.36. The molecule has 6 heteroatoms. The summed E-state index contributed by atoms with van der Waals surface area (Å²) in [7, 11) is 0. The fraction of sp³-hybridized carbons (Fsp3) is 0.154. The van der Waals surface area contributed by atoms with Gasteiger partial charge in [-0.15, -0.1) is 0 Å². The predicted octanol–water partition coefficient (Wildman–Crippen LogP) is 2.52. The molecule has 0 amide bonds. The zero-order chi connectivity index (χ0) is 14.0. The van der Waals surface area contributed by atoms with Crippen LogP contribution in [0.2, 0.25) is 0 Å². The summed E-state index contributed by atoms with van der Waals surface area (Å²) in [6, 6.07) is 6.57. The molecule has 19 heavy (non-hydrogen) atoms. The van der Waals surface area contributed by atoms with Crippen molar-refractivity contribution >= 4 is 0 Å². The van der Waals surface area contributed by atoms with E-state index >= 15 is 0 Å². The average molecular weight is 268 g/mol. The Bertz CT molecular complexity index is 647. The quantitative estimate of drug-likeness (QED) is 0.879. The van der Waals surface area contributed by atoms with Gasteiger partial charge in [-0.05, 0) is 23.3 Å². The second-order valence-electron chi connectivity index (χ2n) is 3.99. The van der Waals surface area contributed by atoms with Crippen LogP contribution in [0, 0.1) is 0 Å². The third-order valence-electron chi connectivity index (χ3n) is 2.74. The van der Waals surface area contributed by atoms with Crippen molar-refractivity contribution in [2.45, 2.75) is 12.7 Å². The first-order valence-electron chi connectivity index (χ1n) is 5.51. The number of pyridine rings is 1. The van der Waals surface area contributed by atoms with Gasteiger partial charge in [-0.25, -0.2) is 0 Å². The number of nitrogens with two attached hydrogens (primary N) is 1. The molecule has 0 aliphatic carbocycles. The molecule has 0 aliphatic rings. The molecule has 0 aliphatic heterocycles. The molecule has 0 spiro atoms. The Morgan fingerprint density at radius 3 is 2.53 bits per heavy atom. The number of hydrogen-bond acceptors (Lipinski definition) is 2. The first kappa shape index (κ1) is 13.4. The molecule has 100 valence electrons. The van der Waals surface area contributed by atoms with Gasteiger partial charge >= 0.3 is 6.18 Å². The lowest BCUT2D eigenvalue weighted by molar-refractivity contribution is -0.137. The smallest absolute Gasteiger partial charge is 0.328 e. The number of halogens is 3. The highest BCUT2D eigenvalue weighted by Gasteiger charge is 2.33. The minimum absolute atomic E-state index is 0.0148. The van der Waals surface area contributed by atoms with Crippen molar-refractivity contribution in [3.05, 3.63) is 58.0 Å². The van der Waals surface area contributed by atoms with E-state index in [1.54, 1.807) is 0 Å². The second-order valence-corrected chi connectivity index (χ2v) is 3.99. The summed E-state index contributed by atoms with van der Waals surface area (Å²) in [6.45, 7) is -0.0304. The fourth-order valence-electron chi connectivity index (χ4n) is 1.82. The third-order valence-corrected chi connectivity index (χ3v) is 2.74. The van der Waals surface area contributed by atoms with Gasteiger partial charge in [0.1, 0.15) is 0 Å². The molecule has 3 nitrogen and oxygen atoms in total. The SMILES string of the molecule is NCc1cc(-c2ccccc2C(F)(F)F)c[nH]c1=O. The van der Waals surface area contributed by atoms with Gasteiger partial charge in [-0.1, -0.05) is 18.2 Å². The maximum Gasteiger partial charge on any atom is 0.417 e. The summed E-state index contributed by atoms with van der Waals surface area (Å²) in [6.07, 6.45) is -3.19. The van der Waals surface area contributed by atoms with Crippen molar-refractivity contribution in [1.82, 2.24) is 4.98 Å². The summed E-state index contributed by atoms with van der Waals surface area (Å²) in [5.41, 5.74) is 4.79. The van der Waals surface area contributed by atoms with E-state index in [4.69, 9.17) is 5.73 Å². The molecule has 2 aromatic rings. The Morgan fingerprint density at radius 2 is 1.89 bits per heavy atom. The van der Waals surface area contributed by atoms with E-state index in [0.29, 0.717) is 0 Å². The third kappa shape index (κ3) is 2.68. The van der Waals surface area contributed by atoms with Crippen LogP contribution in [0.4, 0.5) is 13.2 Å². The minimum Gasteiger partial charge on any atom is -0.328 e. The van der Waals surface area contributed by atoms with E-state index in [9.17, 15) is 18.0 Å². The molecule has 0 bridgehead atoms. The summed E-state index contributed by atoms with van der Waals surface area (Å²) in [5.74, 6) is 0. The average Bonchev–Trinajstić information content (AvgIpc) is 2.38. The largest absolute Gasteiger partial charge is 0.417 e. The maximum absolute atomic E-state index is 12.9. The standard InChI is InChI=1S/C13H11F3N2O/c14-13(15,16)11-4-2-1-3-10(11)9-5-8(6-17)12(19)18-7-9/h1-5,7H,6,17H2,(H,18,19). The normalized spacial score (nSPS) is 11.6. The van der Waals surface area contributed by atoms with Crippen molar-refractivity contribution < 1.29 is 13.2 Å². The number of H-pyrrole nitrogens is 1. The predicted molar refractivity (Wildman–Crippen MR) is 65.4 cm³/mol. The molecule has 3 N–H and O–H groups in total. The van der Waals surface area contributed by atoms with Crippen LogP contribution in [0.1, 0.15) is 11.1 Å². The van der Waals surface area contributed by atoms with Gasteiger partial charge in [0, 0.05) is 18.3 Å². The number of hydrogen-bond donors (Lipinski definition) is 2. The maximum atomic E-state index is 12.9. The first-order chi connectivity index (χ1) is 8.93. The van der Waals surface area contributed by atoms with Gasteiger partial charge in [0.25, 0.3) is 5.56 Å². The molecule has 0 saturated carbocycles. The van der Waals surface area contributed by atoms with Gasteiger partial charge in [0.05, 0.1) is 5.56 Å². The van der Waals surface area contributed by atoms with Crippen LogP contribution in [0.3, 0.4) is 0 Å². The van der Waals surface area contributed by atoms with Gasteiger partial charge < -0.3 is 10.7 Å². The number of aromatic amines is 1. The Hall–Kier alpha value is -2.08. The minimum atomic E-state index is -4.45. The van der Waals surface area contributed by atoms with Crippen LogP contribution in [0.25, 0.3) is 11.1 Å². The summed E-state index contributed by atoms with van der Waals surface area (Å²) < 4.78 is 38.7. The van der Waals surface area contributed by atoms with Gasteiger partial charge in [0.15, 0.2) is 0 Å². The van der Waals surface area contributed by atoms with Crippen molar-refractivity contribution in [3.63, 3.8) is 0 Å². The number of rotatable bonds is 2. The molecular weight excluding hydrogens is 257 g/mol. The van der Waals surface area contributed by atoms with Crippen LogP contribution >= 0.6 is 0 Å². The molecule has 0 fully saturated rings. The van der Waals surface area contributed by atoms with Crippen molar-refractivity contribution in [2.24, 2.45) is 5.73 Å². The highest BCUT2D eigenvalue weighted by molar-refractivity contribution is 5.67. The lowest BCUT2D eigenvalue weighted by atomic mass is 9.99. The Labute approximate surface area is 106 Å². The number of nitrogens with one attached hydrogen (secondary N) is 1. The first-order valence-corrected chi connectivity index (χ1v) is 5.51. The van der Waals surface area contributed by atoms with E-state index in [0.717, 1.165) is 6.07 Å². The molecule has 2 rings (SSSR count). The van der Waals surface area contributed by atoms with Crippen molar-refractivity contribution in [3.8, 4) is 11.1 Å². The Kier molecular flexibility index (Phi) is 3.44. The van der Waals surface area contributed by atoms with E-state index in [-0.39, 0.29) is 23.2 Å². The van der Waals surface area contributed by atoms with Gasteiger partial charge in [0.2, 0.25) is 0 Å². The van der Waals surface area contributed by atoms with Crippen molar-refractivity contribution in [2.75, 3.05) is 0 Å². The number of aromatic nitrogens is 1. The van der Waals surface area contributed by atoms with Crippen LogP contribution in [-0.4, -0.2) is 4.98 Å². The molecule has 0 saturated heterocycles. The molecular formula is C13H11F3N2O. The van der Waals surface area contributed by atoms with Gasteiger partial charge in [-0.2, -0.15) is 13.2 Å². The molecule has 0 unspecified atom stereocenters. The summed E-state index contributed by atoms with van der Waals surface area (Å²) in [4.78, 5) is 13.8. The van der Waals surface area contributed by atoms with E-state index in [1.807, 2.05) is 0 Å². The highest BCUT2D eigenvalue weighted by atomic mass is 19.4. The van der Waals surface area contributed by atoms with Crippen LogP contribution < -0.4 is 11.3 Å². The van der Waals surface area contributed by atoms with Crippen LogP contribution in [-0.2, 0) is 12.7 Å². The molecule has 0 radical (unpaired) electrons. The van der Waals surface area contributed by atoms with Crippen LogP contribution in [0.15, 0.2) is 41.3 Å². The molecule has 1 aromatic heterocycles. The molecule has 1 aromatic carbocycles. The second kappa shape index (κ2) is 4.89. The molecule has 0 atom stereocenters. The van der Waals surface area contributed by atoms with E-state index in [1.165, 1.54) is 30.5 Å². The topological polar surface area (TPSA) is 58.9 Å².